The smallest absolute Gasteiger partial charge is 0.133 e. The molecule has 18 heavy (non-hydrogen) atoms. The van der Waals surface area contributed by atoms with Crippen LogP contribution in [0.2, 0.25) is 10.0 Å². The van der Waals surface area contributed by atoms with Gasteiger partial charge in [0.2, 0.25) is 0 Å². The lowest BCUT2D eigenvalue weighted by molar-refractivity contribution is 0.844. The lowest BCUT2D eigenvalue weighted by Gasteiger charge is -2.13. The molecular weight excluding hydrogens is 287 g/mol. The van der Waals surface area contributed by atoms with Gasteiger partial charge in [-0.2, -0.15) is 0 Å². The van der Waals surface area contributed by atoms with Gasteiger partial charge < -0.3 is 4.98 Å². The molecule has 0 bridgehead atoms. The normalized spacial score (nSPS) is 10.9. The maximum atomic E-state index is 6.23. The van der Waals surface area contributed by atoms with E-state index in [0.29, 0.717) is 14.7 Å². The Morgan fingerprint density at radius 2 is 2.00 bits per heavy atom. The van der Waals surface area contributed by atoms with E-state index in [4.69, 9.17) is 35.4 Å². The summed E-state index contributed by atoms with van der Waals surface area (Å²) in [5.41, 5.74) is 2.72. The molecule has 2 rings (SSSR count). The van der Waals surface area contributed by atoms with Gasteiger partial charge in [0.05, 0.1) is 12.0 Å². The van der Waals surface area contributed by atoms with Gasteiger partial charge >= 0.3 is 0 Å². The highest BCUT2D eigenvalue weighted by Crippen LogP contribution is 2.34. The van der Waals surface area contributed by atoms with E-state index >= 15 is 0 Å². The second-order valence-corrected chi connectivity index (χ2v) is 5.51. The molecule has 5 heteroatoms. The van der Waals surface area contributed by atoms with E-state index in [0.717, 1.165) is 16.8 Å². The largest absolute Gasteiger partial charge is 0.345 e. The van der Waals surface area contributed by atoms with E-state index in [2.05, 4.69) is 23.8 Å². The van der Waals surface area contributed by atoms with Gasteiger partial charge in [0.15, 0.2) is 0 Å². The summed E-state index contributed by atoms with van der Waals surface area (Å²) in [6.07, 6.45) is 1.58. The summed E-state index contributed by atoms with van der Waals surface area (Å²) in [5, 5.41) is 1.28. The molecule has 0 saturated heterocycles. The number of hydrogen-bond acceptors (Lipinski definition) is 2. The van der Waals surface area contributed by atoms with Crippen LogP contribution in [0.4, 0.5) is 0 Å². The minimum Gasteiger partial charge on any atom is -0.345 e. The van der Waals surface area contributed by atoms with Gasteiger partial charge in [-0.3, -0.25) is 0 Å². The SMILES string of the molecule is CC(C)c1c(-c2cc(Cl)ccc2Cl)[nH]cnc1=S. The van der Waals surface area contributed by atoms with Crippen LogP contribution < -0.4 is 0 Å². The third-order valence-electron chi connectivity index (χ3n) is 2.67. The van der Waals surface area contributed by atoms with Gasteiger partial charge in [-0.25, -0.2) is 4.98 Å². The molecule has 0 radical (unpaired) electrons. The van der Waals surface area contributed by atoms with Crippen LogP contribution >= 0.6 is 35.4 Å². The second kappa shape index (κ2) is 5.39. The maximum Gasteiger partial charge on any atom is 0.133 e. The number of aromatic amines is 1. The van der Waals surface area contributed by atoms with Crippen molar-refractivity contribution in [3.63, 3.8) is 0 Å². The molecule has 2 nitrogen and oxygen atoms in total. The molecular formula is C13H12Cl2N2S. The van der Waals surface area contributed by atoms with Crippen molar-refractivity contribution in [2.45, 2.75) is 19.8 Å². The van der Waals surface area contributed by atoms with Crippen molar-refractivity contribution in [1.29, 1.82) is 0 Å². The Labute approximate surface area is 121 Å². The topological polar surface area (TPSA) is 28.7 Å². The first kappa shape index (κ1) is 13.5. The lowest BCUT2D eigenvalue weighted by Crippen LogP contribution is -1.99. The first-order chi connectivity index (χ1) is 8.50. The molecule has 0 unspecified atom stereocenters. The predicted octanol–water partition coefficient (Wildman–Crippen LogP) is 5.24. The van der Waals surface area contributed by atoms with Crippen LogP contribution in [0.1, 0.15) is 25.3 Å². The molecule has 0 atom stereocenters. The molecule has 2 aromatic rings. The van der Waals surface area contributed by atoms with Crippen LogP contribution in [-0.2, 0) is 0 Å². The standard InChI is InChI=1S/C13H12Cl2N2S/c1-7(2)11-12(16-6-17-13(11)18)9-5-8(14)3-4-10(9)15/h3-7H,1-2H3,(H,16,17,18). The van der Waals surface area contributed by atoms with Crippen molar-refractivity contribution >= 4 is 35.4 Å². The minimum atomic E-state index is 0.257. The molecule has 1 N–H and O–H groups in total. The van der Waals surface area contributed by atoms with Crippen molar-refractivity contribution in [1.82, 2.24) is 9.97 Å². The van der Waals surface area contributed by atoms with E-state index in [1.807, 2.05) is 6.07 Å². The third kappa shape index (κ3) is 2.58. The molecule has 0 aliphatic heterocycles. The average molecular weight is 299 g/mol. The maximum absolute atomic E-state index is 6.23. The first-order valence-corrected chi connectivity index (χ1v) is 6.70. The van der Waals surface area contributed by atoms with Crippen LogP contribution in [-0.4, -0.2) is 9.97 Å². The van der Waals surface area contributed by atoms with Gasteiger partial charge in [-0.1, -0.05) is 49.3 Å². The number of aromatic nitrogens is 2. The zero-order valence-corrected chi connectivity index (χ0v) is 12.3. The van der Waals surface area contributed by atoms with Crippen molar-refractivity contribution in [2.24, 2.45) is 0 Å². The van der Waals surface area contributed by atoms with Gasteiger partial charge in [0.1, 0.15) is 4.64 Å². The number of halogens is 2. The van der Waals surface area contributed by atoms with Gasteiger partial charge in [0.25, 0.3) is 0 Å². The second-order valence-electron chi connectivity index (χ2n) is 4.28. The fraction of sp³-hybridized carbons (Fsp3) is 0.231. The molecule has 1 aromatic carbocycles. The van der Waals surface area contributed by atoms with E-state index < -0.39 is 0 Å². The molecule has 0 aliphatic carbocycles. The van der Waals surface area contributed by atoms with Gasteiger partial charge in [0, 0.05) is 21.2 Å². The molecule has 94 valence electrons. The Morgan fingerprint density at radius 1 is 1.28 bits per heavy atom. The van der Waals surface area contributed by atoms with Gasteiger partial charge in [-0.05, 0) is 24.1 Å². The Bertz CT molecular complexity index is 635. The zero-order chi connectivity index (χ0) is 13.3. The Kier molecular flexibility index (Phi) is 4.05. The molecule has 1 aromatic heterocycles. The molecule has 1 heterocycles. The molecule has 0 aliphatic rings. The fourth-order valence-electron chi connectivity index (χ4n) is 1.86. The van der Waals surface area contributed by atoms with Crippen molar-refractivity contribution < 1.29 is 0 Å². The zero-order valence-electron chi connectivity index (χ0n) is 10.00. The summed E-state index contributed by atoms with van der Waals surface area (Å²) in [4.78, 5) is 7.24. The fourth-order valence-corrected chi connectivity index (χ4v) is 2.63. The number of rotatable bonds is 2. The number of hydrogen-bond donors (Lipinski definition) is 1. The van der Waals surface area contributed by atoms with E-state index in [1.165, 1.54) is 0 Å². The van der Waals surface area contributed by atoms with E-state index in [9.17, 15) is 0 Å². The first-order valence-electron chi connectivity index (χ1n) is 5.53. The minimum absolute atomic E-state index is 0.257. The lowest BCUT2D eigenvalue weighted by atomic mass is 9.99. The van der Waals surface area contributed by atoms with Crippen molar-refractivity contribution in [2.75, 3.05) is 0 Å². The van der Waals surface area contributed by atoms with Crippen LogP contribution in [0.3, 0.4) is 0 Å². The molecule has 0 saturated carbocycles. The predicted molar refractivity (Wildman–Crippen MR) is 79.0 cm³/mol. The highest BCUT2D eigenvalue weighted by atomic mass is 35.5. The van der Waals surface area contributed by atoms with Crippen molar-refractivity contribution in [3.8, 4) is 11.3 Å². The van der Waals surface area contributed by atoms with E-state index in [-0.39, 0.29) is 5.92 Å². The van der Waals surface area contributed by atoms with Crippen molar-refractivity contribution in [3.05, 3.63) is 44.8 Å². The monoisotopic (exact) mass is 298 g/mol. The molecule has 0 spiro atoms. The van der Waals surface area contributed by atoms with Crippen LogP contribution in [0, 0.1) is 4.64 Å². The number of H-pyrrole nitrogens is 1. The summed E-state index contributed by atoms with van der Waals surface area (Å²) in [6, 6.07) is 5.37. The Hall–Kier alpha value is -0.900. The quantitative estimate of drug-likeness (QED) is 0.768. The Balaban J connectivity index is 2.75. The number of nitrogens with one attached hydrogen (secondary N) is 1. The third-order valence-corrected chi connectivity index (χ3v) is 3.56. The number of nitrogens with zero attached hydrogens (tertiary/aromatic N) is 1. The van der Waals surface area contributed by atoms with Crippen LogP contribution in [0.5, 0.6) is 0 Å². The summed E-state index contributed by atoms with van der Waals surface area (Å²) in [5.74, 6) is 0.257. The van der Waals surface area contributed by atoms with Crippen LogP contribution in [0.15, 0.2) is 24.5 Å². The van der Waals surface area contributed by atoms with E-state index in [1.54, 1.807) is 18.5 Å². The average Bonchev–Trinajstić information content (AvgIpc) is 2.31. The Morgan fingerprint density at radius 3 is 2.67 bits per heavy atom. The molecule has 0 fully saturated rings. The summed E-state index contributed by atoms with van der Waals surface area (Å²) < 4.78 is 0.592. The van der Waals surface area contributed by atoms with Gasteiger partial charge in [-0.15, -0.1) is 0 Å². The number of benzene rings is 1. The summed E-state index contributed by atoms with van der Waals surface area (Å²) >= 11 is 17.5. The highest BCUT2D eigenvalue weighted by Gasteiger charge is 2.14. The summed E-state index contributed by atoms with van der Waals surface area (Å²) in [6.45, 7) is 4.14. The molecule has 0 amide bonds. The summed E-state index contributed by atoms with van der Waals surface area (Å²) in [7, 11) is 0. The van der Waals surface area contributed by atoms with Crippen LogP contribution in [0.25, 0.3) is 11.3 Å². The highest BCUT2D eigenvalue weighted by molar-refractivity contribution is 7.71.